The minimum Gasteiger partial charge on any atom is -0.444 e. The highest BCUT2D eigenvalue weighted by atomic mass is 16.6. The molecule has 1 unspecified atom stereocenters. The molecule has 2 heterocycles. The number of hydrogen-bond acceptors (Lipinski definition) is 5. The molecule has 0 radical (unpaired) electrons. The van der Waals surface area contributed by atoms with E-state index >= 15 is 0 Å². The van der Waals surface area contributed by atoms with E-state index in [1.807, 2.05) is 19.9 Å². The van der Waals surface area contributed by atoms with Gasteiger partial charge < -0.3 is 15.0 Å². The number of carbonyl (C=O) groups excluding carboxylic acids is 4. The number of hydrogen-bond donors (Lipinski definition) is 2. The molecule has 0 aliphatic carbocycles. The van der Waals surface area contributed by atoms with Crippen molar-refractivity contribution in [2.75, 3.05) is 0 Å². The predicted molar refractivity (Wildman–Crippen MR) is 117 cm³/mol. The first-order valence-corrected chi connectivity index (χ1v) is 10.6. The summed E-state index contributed by atoms with van der Waals surface area (Å²) in [4.78, 5) is 50.1. The molecule has 0 bridgehead atoms. The first kappa shape index (κ1) is 23.3. The molecule has 1 saturated heterocycles. The highest BCUT2D eigenvalue weighted by Gasteiger charge is 2.39. The molecule has 0 aromatic heterocycles. The first-order chi connectivity index (χ1) is 14.9. The number of fused-ring (bicyclic) bond motifs is 1. The van der Waals surface area contributed by atoms with E-state index in [4.69, 9.17) is 4.74 Å². The first-order valence-electron chi connectivity index (χ1n) is 10.6. The fourth-order valence-corrected chi connectivity index (χ4v) is 3.69. The van der Waals surface area contributed by atoms with E-state index in [1.165, 1.54) is 4.90 Å². The molecule has 170 valence electrons. The second kappa shape index (κ2) is 8.65. The zero-order chi connectivity index (χ0) is 23.7. The Morgan fingerprint density at radius 2 is 1.94 bits per heavy atom. The van der Waals surface area contributed by atoms with E-state index in [2.05, 4.69) is 22.5 Å². The SMILES string of the molecule is CC(C)(CC#Cc1cccc2c1CN(C1CCC(=O)NC1=O)C2=O)NC(=O)OC(C)(C)C. The quantitative estimate of drug-likeness (QED) is 0.556. The number of imide groups is 1. The molecule has 2 aliphatic rings. The van der Waals surface area contributed by atoms with Crippen LogP contribution in [-0.2, 0) is 20.9 Å². The topological polar surface area (TPSA) is 105 Å². The van der Waals surface area contributed by atoms with E-state index in [1.54, 1.807) is 32.9 Å². The molecule has 1 atom stereocenters. The Morgan fingerprint density at radius 1 is 1.22 bits per heavy atom. The van der Waals surface area contributed by atoms with Crippen LogP contribution in [0.3, 0.4) is 0 Å². The summed E-state index contributed by atoms with van der Waals surface area (Å²) in [5.74, 6) is 5.21. The third kappa shape index (κ3) is 5.47. The average Bonchev–Trinajstić information content (AvgIpc) is 2.97. The molecule has 2 aliphatic heterocycles. The summed E-state index contributed by atoms with van der Waals surface area (Å²) in [5.41, 5.74) is 0.804. The predicted octanol–water partition coefficient (Wildman–Crippen LogP) is 2.49. The van der Waals surface area contributed by atoms with E-state index in [0.717, 1.165) is 5.56 Å². The van der Waals surface area contributed by atoms with Gasteiger partial charge in [-0.15, -0.1) is 0 Å². The molecule has 0 saturated carbocycles. The Labute approximate surface area is 188 Å². The van der Waals surface area contributed by atoms with Gasteiger partial charge in [0.15, 0.2) is 0 Å². The molecular weight excluding hydrogens is 410 g/mol. The van der Waals surface area contributed by atoms with Crippen LogP contribution in [-0.4, -0.2) is 45.9 Å². The van der Waals surface area contributed by atoms with Gasteiger partial charge in [0.05, 0.1) is 0 Å². The highest BCUT2D eigenvalue weighted by molar-refractivity contribution is 6.05. The fraction of sp³-hybridized carbons (Fsp3) is 0.500. The molecule has 1 aromatic carbocycles. The number of rotatable bonds is 3. The van der Waals surface area contributed by atoms with Crippen LogP contribution in [0, 0.1) is 11.8 Å². The van der Waals surface area contributed by atoms with Crippen molar-refractivity contribution in [3.05, 3.63) is 34.9 Å². The van der Waals surface area contributed by atoms with Gasteiger partial charge in [-0.3, -0.25) is 19.7 Å². The van der Waals surface area contributed by atoms with Crippen molar-refractivity contribution in [1.82, 2.24) is 15.5 Å². The smallest absolute Gasteiger partial charge is 0.408 e. The Bertz CT molecular complexity index is 1030. The maximum atomic E-state index is 12.9. The van der Waals surface area contributed by atoms with Gasteiger partial charge in [-0.1, -0.05) is 17.9 Å². The van der Waals surface area contributed by atoms with Crippen molar-refractivity contribution < 1.29 is 23.9 Å². The summed E-state index contributed by atoms with van der Waals surface area (Å²) in [6, 6.07) is 4.66. The summed E-state index contributed by atoms with van der Waals surface area (Å²) in [6.45, 7) is 9.38. The van der Waals surface area contributed by atoms with Gasteiger partial charge in [0.25, 0.3) is 5.91 Å². The van der Waals surface area contributed by atoms with Gasteiger partial charge >= 0.3 is 6.09 Å². The van der Waals surface area contributed by atoms with Gasteiger partial charge in [-0.05, 0) is 58.7 Å². The minimum atomic E-state index is -0.662. The van der Waals surface area contributed by atoms with Crippen LogP contribution >= 0.6 is 0 Å². The highest BCUT2D eigenvalue weighted by Crippen LogP contribution is 2.29. The lowest BCUT2D eigenvalue weighted by Gasteiger charge is -2.29. The lowest BCUT2D eigenvalue weighted by molar-refractivity contribution is -0.136. The average molecular weight is 440 g/mol. The second-order valence-corrected chi connectivity index (χ2v) is 9.72. The third-order valence-electron chi connectivity index (χ3n) is 5.17. The lowest BCUT2D eigenvalue weighted by atomic mass is 10.00. The van der Waals surface area contributed by atoms with Crippen molar-refractivity contribution >= 4 is 23.8 Å². The van der Waals surface area contributed by atoms with Crippen LogP contribution in [0.25, 0.3) is 0 Å². The number of nitrogens with zero attached hydrogens (tertiary/aromatic N) is 1. The second-order valence-electron chi connectivity index (χ2n) is 9.72. The van der Waals surface area contributed by atoms with Crippen LogP contribution in [0.15, 0.2) is 18.2 Å². The van der Waals surface area contributed by atoms with Crippen molar-refractivity contribution in [3.8, 4) is 11.8 Å². The van der Waals surface area contributed by atoms with Crippen molar-refractivity contribution in [3.63, 3.8) is 0 Å². The number of amides is 4. The van der Waals surface area contributed by atoms with Crippen LogP contribution in [0.5, 0.6) is 0 Å². The number of piperidine rings is 1. The van der Waals surface area contributed by atoms with Crippen molar-refractivity contribution in [2.24, 2.45) is 0 Å². The van der Waals surface area contributed by atoms with Gasteiger partial charge in [0.2, 0.25) is 11.8 Å². The fourth-order valence-electron chi connectivity index (χ4n) is 3.69. The van der Waals surface area contributed by atoms with E-state index in [-0.39, 0.29) is 24.8 Å². The third-order valence-corrected chi connectivity index (χ3v) is 5.17. The van der Waals surface area contributed by atoms with E-state index < -0.39 is 29.2 Å². The summed E-state index contributed by atoms with van der Waals surface area (Å²) < 4.78 is 5.30. The molecular formula is C24H29N3O5. The lowest BCUT2D eigenvalue weighted by Crippen LogP contribution is -2.52. The standard InChI is InChI=1S/C24H29N3O5/c1-23(2,3)32-22(31)26-24(4,5)13-7-9-15-8-6-10-16-17(15)14-27(21(16)30)18-11-12-19(28)25-20(18)29/h6,8,10,18H,11-14H2,1-5H3,(H,26,31)(H,25,28,29). The van der Waals surface area contributed by atoms with Gasteiger partial charge in [0.1, 0.15) is 11.6 Å². The summed E-state index contributed by atoms with van der Waals surface area (Å²) in [7, 11) is 0. The van der Waals surface area contributed by atoms with E-state index in [0.29, 0.717) is 24.0 Å². The minimum absolute atomic E-state index is 0.211. The molecule has 4 amide bonds. The van der Waals surface area contributed by atoms with E-state index in [9.17, 15) is 19.2 Å². The maximum Gasteiger partial charge on any atom is 0.408 e. The molecule has 8 nitrogen and oxygen atoms in total. The van der Waals surface area contributed by atoms with Crippen LogP contribution in [0.1, 0.15) is 75.4 Å². The zero-order valence-corrected chi connectivity index (χ0v) is 19.1. The summed E-state index contributed by atoms with van der Waals surface area (Å²) in [5, 5.41) is 5.12. The molecule has 2 N–H and O–H groups in total. The monoisotopic (exact) mass is 439 g/mol. The Hall–Kier alpha value is -3.34. The number of alkyl carbamates (subject to hydrolysis) is 1. The molecule has 1 fully saturated rings. The van der Waals surface area contributed by atoms with Gasteiger partial charge in [0, 0.05) is 36.1 Å². The molecule has 0 spiro atoms. The maximum absolute atomic E-state index is 12.9. The number of benzene rings is 1. The largest absolute Gasteiger partial charge is 0.444 e. The van der Waals surface area contributed by atoms with Crippen molar-refractivity contribution in [2.45, 2.75) is 77.6 Å². The van der Waals surface area contributed by atoms with Crippen LogP contribution in [0.2, 0.25) is 0 Å². The van der Waals surface area contributed by atoms with Crippen molar-refractivity contribution in [1.29, 1.82) is 0 Å². The Balaban J connectivity index is 1.71. The molecule has 32 heavy (non-hydrogen) atoms. The Kier molecular flexibility index (Phi) is 6.31. The van der Waals surface area contributed by atoms with Gasteiger partial charge in [-0.25, -0.2) is 4.79 Å². The Morgan fingerprint density at radius 3 is 2.59 bits per heavy atom. The normalized spacial score (nSPS) is 18.5. The van der Waals surface area contributed by atoms with Gasteiger partial charge in [-0.2, -0.15) is 0 Å². The number of ether oxygens (including phenoxy) is 1. The molecule has 8 heteroatoms. The summed E-state index contributed by atoms with van der Waals surface area (Å²) in [6.07, 6.45) is 0.398. The number of nitrogens with one attached hydrogen (secondary N) is 2. The van der Waals surface area contributed by atoms with Crippen LogP contribution < -0.4 is 10.6 Å². The van der Waals surface area contributed by atoms with Crippen LogP contribution in [0.4, 0.5) is 4.79 Å². The number of carbonyl (C=O) groups is 4. The molecule has 1 aromatic rings. The zero-order valence-electron chi connectivity index (χ0n) is 19.1. The summed E-state index contributed by atoms with van der Waals surface area (Å²) >= 11 is 0. The molecule has 3 rings (SSSR count).